The van der Waals surface area contributed by atoms with Gasteiger partial charge in [-0.05, 0) is 58.8 Å². The van der Waals surface area contributed by atoms with Crippen LogP contribution in [0, 0.1) is 13.8 Å². The van der Waals surface area contributed by atoms with Gasteiger partial charge in [0.1, 0.15) is 5.54 Å². The molecule has 1 aromatic carbocycles. The van der Waals surface area contributed by atoms with E-state index in [1.807, 2.05) is 14.1 Å². The number of aryl methyl sites for hydroxylation is 2. The minimum absolute atomic E-state index is 0.220. The average molecular weight is 315 g/mol. The normalized spacial score (nSPS) is 20.6. The van der Waals surface area contributed by atoms with Gasteiger partial charge in [0, 0.05) is 31.9 Å². The summed E-state index contributed by atoms with van der Waals surface area (Å²) in [6.45, 7) is 7.84. The second-order valence-electron chi connectivity index (χ2n) is 7.35. The number of amides is 1. The van der Waals surface area contributed by atoms with Crippen LogP contribution in [0.25, 0.3) is 0 Å². The van der Waals surface area contributed by atoms with E-state index in [1.54, 1.807) is 0 Å². The van der Waals surface area contributed by atoms with E-state index in [0.717, 1.165) is 39.0 Å². The van der Waals surface area contributed by atoms with Gasteiger partial charge in [-0.2, -0.15) is 0 Å². The molecule has 1 aromatic rings. The number of rotatable bonds is 3. The molecule has 0 spiro atoms. The summed E-state index contributed by atoms with van der Waals surface area (Å²) in [5, 5.41) is 0. The highest BCUT2D eigenvalue weighted by Gasteiger charge is 2.48. The maximum atomic E-state index is 13.0. The Kier molecular flexibility index (Phi) is 4.37. The molecule has 1 heterocycles. The Bertz CT molecular complexity index is 584. The smallest absolute Gasteiger partial charge is 0.243 e. The van der Waals surface area contributed by atoms with Crippen molar-refractivity contribution in [1.82, 2.24) is 9.80 Å². The molecule has 1 aliphatic heterocycles. The maximum absolute atomic E-state index is 13.0. The van der Waals surface area contributed by atoms with E-state index in [1.165, 1.54) is 23.2 Å². The molecule has 1 amide bonds. The van der Waals surface area contributed by atoms with Gasteiger partial charge in [0.25, 0.3) is 0 Å². The van der Waals surface area contributed by atoms with E-state index in [-0.39, 0.29) is 5.54 Å². The Hall–Kier alpha value is -1.55. The van der Waals surface area contributed by atoms with Crippen LogP contribution in [0.2, 0.25) is 0 Å². The van der Waals surface area contributed by atoms with Crippen LogP contribution >= 0.6 is 0 Å². The standard InChI is InChI=1S/C19H29N3O/c1-15-6-7-17(16(2)14-15)21-10-12-22(13-11-21)18(23)19(20(3)4)8-5-9-19/h6-7,14H,5,8-13H2,1-4H3. The van der Waals surface area contributed by atoms with Gasteiger partial charge in [-0.1, -0.05) is 17.7 Å². The predicted octanol–water partition coefficient (Wildman–Crippen LogP) is 2.44. The van der Waals surface area contributed by atoms with Crippen molar-refractivity contribution in [2.75, 3.05) is 45.2 Å². The lowest BCUT2D eigenvalue weighted by molar-refractivity contribution is -0.149. The SMILES string of the molecule is Cc1ccc(N2CCN(C(=O)C3(N(C)C)CCC3)CC2)c(C)c1. The molecule has 126 valence electrons. The van der Waals surface area contributed by atoms with Gasteiger partial charge in [-0.3, -0.25) is 9.69 Å². The van der Waals surface area contributed by atoms with Gasteiger partial charge in [0.15, 0.2) is 0 Å². The molecule has 2 aliphatic rings. The quantitative estimate of drug-likeness (QED) is 0.857. The van der Waals surface area contributed by atoms with Crippen LogP contribution in [-0.4, -0.2) is 61.5 Å². The first kappa shape index (κ1) is 16.3. The molecule has 0 atom stereocenters. The van der Waals surface area contributed by atoms with Crippen molar-refractivity contribution >= 4 is 11.6 Å². The molecule has 0 N–H and O–H groups in total. The molecule has 0 unspecified atom stereocenters. The van der Waals surface area contributed by atoms with E-state index in [4.69, 9.17) is 0 Å². The van der Waals surface area contributed by atoms with E-state index in [0.29, 0.717) is 5.91 Å². The topological polar surface area (TPSA) is 26.8 Å². The first-order valence-corrected chi connectivity index (χ1v) is 8.73. The van der Waals surface area contributed by atoms with Crippen LogP contribution in [-0.2, 0) is 4.79 Å². The zero-order valence-electron chi connectivity index (χ0n) is 14.9. The Morgan fingerprint density at radius 2 is 1.74 bits per heavy atom. The minimum atomic E-state index is -0.220. The van der Waals surface area contributed by atoms with Crippen LogP contribution in [0.4, 0.5) is 5.69 Å². The summed E-state index contributed by atoms with van der Waals surface area (Å²) in [4.78, 5) is 19.6. The summed E-state index contributed by atoms with van der Waals surface area (Å²) in [6.07, 6.45) is 3.19. The molecule has 4 nitrogen and oxygen atoms in total. The Morgan fingerprint density at radius 3 is 2.22 bits per heavy atom. The molecule has 1 aliphatic carbocycles. The van der Waals surface area contributed by atoms with Crippen LogP contribution in [0.1, 0.15) is 30.4 Å². The van der Waals surface area contributed by atoms with Crippen molar-refractivity contribution in [3.05, 3.63) is 29.3 Å². The summed E-state index contributed by atoms with van der Waals surface area (Å²) < 4.78 is 0. The molecule has 2 fully saturated rings. The monoisotopic (exact) mass is 315 g/mol. The van der Waals surface area contributed by atoms with Gasteiger partial charge in [0.2, 0.25) is 5.91 Å². The average Bonchev–Trinajstić information content (AvgIpc) is 2.46. The van der Waals surface area contributed by atoms with Crippen molar-refractivity contribution in [3.8, 4) is 0 Å². The lowest BCUT2D eigenvalue weighted by Crippen LogP contribution is -2.63. The van der Waals surface area contributed by atoms with Gasteiger partial charge < -0.3 is 9.80 Å². The highest BCUT2D eigenvalue weighted by atomic mass is 16.2. The second kappa shape index (κ2) is 6.16. The number of hydrogen-bond donors (Lipinski definition) is 0. The number of piperazine rings is 1. The molecule has 0 bridgehead atoms. The fourth-order valence-corrected chi connectivity index (χ4v) is 3.97. The number of nitrogens with zero attached hydrogens (tertiary/aromatic N) is 3. The molecular weight excluding hydrogens is 286 g/mol. The number of carbonyl (C=O) groups excluding carboxylic acids is 1. The summed E-state index contributed by atoms with van der Waals surface area (Å²) in [5.41, 5.74) is 3.72. The van der Waals surface area contributed by atoms with Crippen molar-refractivity contribution < 1.29 is 4.79 Å². The second-order valence-corrected chi connectivity index (χ2v) is 7.35. The molecule has 1 saturated heterocycles. The molecule has 0 aromatic heterocycles. The number of hydrogen-bond acceptors (Lipinski definition) is 3. The number of benzene rings is 1. The Labute approximate surface area is 140 Å². The van der Waals surface area contributed by atoms with Crippen LogP contribution in [0.15, 0.2) is 18.2 Å². The van der Waals surface area contributed by atoms with E-state index < -0.39 is 0 Å². The molecule has 3 rings (SSSR count). The van der Waals surface area contributed by atoms with Crippen LogP contribution in [0.5, 0.6) is 0 Å². The van der Waals surface area contributed by atoms with Crippen molar-refractivity contribution in [2.45, 2.75) is 38.6 Å². The first-order chi connectivity index (χ1) is 10.9. The summed E-state index contributed by atoms with van der Waals surface area (Å²) in [5.74, 6) is 0.342. The lowest BCUT2D eigenvalue weighted by Gasteiger charge is -2.49. The highest BCUT2D eigenvalue weighted by molar-refractivity contribution is 5.87. The Morgan fingerprint density at radius 1 is 1.09 bits per heavy atom. The van der Waals surface area contributed by atoms with Crippen molar-refractivity contribution in [2.24, 2.45) is 0 Å². The predicted molar refractivity (Wildman–Crippen MR) is 95.0 cm³/mol. The molecule has 1 saturated carbocycles. The minimum Gasteiger partial charge on any atom is -0.368 e. The third-order valence-corrected chi connectivity index (χ3v) is 5.69. The fraction of sp³-hybridized carbons (Fsp3) is 0.632. The van der Waals surface area contributed by atoms with Gasteiger partial charge >= 0.3 is 0 Å². The van der Waals surface area contributed by atoms with Gasteiger partial charge in [-0.25, -0.2) is 0 Å². The number of carbonyl (C=O) groups is 1. The van der Waals surface area contributed by atoms with Crippen LogP contribution in [0.3, 0.4) is 0 Å². The molecular formula is C19H29N3O. The first-order valence-electron chi connectivity index (χ1n) is 8.73. The van der Waals surface area contributed by atoms with E-state index in [2.05, 4.69) is 46.7 Å². The fourth-order valence-electron chi connectivity index (χ4n) is 3.97. The maximum Gasteiger partial charge on any atom is 0.243 e. The Balaban J connectivity index is 1.65. The third-order valence-electron chi connectivity index (χ3n) is 5.69. The zero-order valence-corrected chi connectivity index (χ0v) is 14.9. The van der Waals surface area contributed by atoms with Crippen LogP contribution < -0.4 is 4.90 Å². The number of anilines is 1. The summed E-state index contributed by atoms with van der Waals surface area (Å²) in [7, 11) is 4.09. The zero-order chi connectivity index (χ0) is 16.6. The van der Waals surface area contributed by atoms with Gasteiger partial charge in [0.05, 0.1) is 0 Å². The third kappa shape index (κ3) is 2.85. The highest BCUT2D eigenvalue weighted by Crippen LogP contribution is 2.38. The lowest BCUT2D eigenvalue weighted by atomic mass is 9.74. The molecule has 4 heteroatoms. The van der Waals surface area contributed by atoms with E-state index >= 15 is 0 Å². The molecule has 23 heavy (non-hydrogen) atoms. The summed E-state index contributed by atoms with van der Waals surface area (Å²) in [6, 6.07) is 6.63. The van der Waals surface area contributed by atoms with Crippen molar-refractivity contribution in [3.63, 3.8) is 0 Å². The van der Waals surface area contributed by atoms with E-state index in [9.17, 15) is 4.79 Å². The summed E-state index contributed by atoms with van der Waals surface area (Å²) >= 11 is 0. The van der Waals surface area contributed by atoms with Crippen molar-refractivity contribution in [1.29, 1.82) is 0 Å². The largest absolute Gasteiger partial charge is 0.368 e. The number of likely N-dealkylation sites (N-methyl/N-ethyl adjacent to an activating group) is 1. The van der Waals surface area contributed by atoms with Gasteiger partial charge in [-0.15, -0.1) is 0 Å². The molecule has 0 radical (unpaired) electrons.